The predicted molar refractivity (Wildman–Crippen MR) is 59.6 cm³/mol. The van der Waals surface area contributed by atoms with E-state index in [1.165, 1.54) is 19.4 Å². The molecule has 1 fully saturated rings. The van der Waals surface area contributed by atoms with Crippen molar-refractivity contribution in [1.82, 2.24) is 10.2 Å². The molecule has 0 aromatic rings. The van der Waals surface area contributed by atoms with Gasteiger partial charge in [0.1, 0.15) is 0 Å². The van der Waals surface area contributed by atoms with Crippen LogP contribution in [0.15, 0.2) is 0 Å². The lowest BCUT2D eigenvalue weighted by Crippen LogP contribution is -2.37. The van der Waals surface area contributed by atoms with Crippen molar-refractivity contribution in [2.24, 2.45) is 5.92 Å². The molecule has 0 amide bonds. The predicted octanol–water partition coefficient (Wildman–Crippen LogP) is 0.953. The van der Waals surface area contributed by atoms with Crippen molar-refractivity contribution >= 4 is 0 Å². The summed E-state index contributed by atoms with van der Waals surface area (Å²) in [5, 5.41) is 3.52. The van der Waals surface area contributed by atoms with E-state index in [1.54, 1.807) is 7.11 Å². The third kappa shape index (κ3) is 3.95. The van der Waals surface area contributed by atoms with Gasteiger partial charge in [-0.3, -0.25) is 0 Å². The normalized spacial score (nSPS) is 25.5. The summed E-state index contributed by atoms with van der Waals surface area (Å²) in [4.78, 5) is 2.45. The first kappa shape index (κ1) is 12.0. The smallest absolute Gasteiger partial charge is 0.0499 e. The summed E-state index contributed by atoms with van der Waals surface area (Å²) >= 11 is 0. The molecule has 1 aliphatic heterocycles. The van der Waals surface area contributed by atoms with Gasteiger partial charge in [-0.05, 0) is 38.9 Å². The molecule has 1 saturated heterocycles. The van der Waals surface area contributed by atoms with Crippen molar-refractivity contribution < 1.29 is 4.74 Å². The molecule has 0 aromatic heterocycles. The second kappa shape index (κ2) is 6.38. The Morgan fingerprint density at radius 2 is 2.36 bits per heavy atom. The Labute approximate surface area is 87.8 Å². The van der Waals surface area contributed by atoms with Gasteiger partial charge in [0.2, 0.25) is 0 Å². The van der Waals surface area contributed by atoms with Crippen LogP contribution in [-0.2, 0) is 4.74 Å². The summed E-state index contributed by atoms with van der Waals surface area (Å²) in [6.07, 6.45) is 2.71. The molecule has 3 nitrogen and oxygen atoms in total. The van der Waals surface area contributed by atoms with E-state index in [9.17, 15) is 0 Å². The number of nitrogens with zero attached hydrogens (tertiary/aromatic N) is 1. The maximum atomic E-state index is 5.10. The highest BCUT2D eigenvalue weighted by Crippen LogP contribution is 2.13. The van der Waals surface area contributed by atoms with Crippen molar-refractivity contribution in [3.05, 3.63) is 0 Å². The van der Waals surface area contributed by atoms with Gasteiger partial charge in [0.15, 0.2) is 0 Å². The van der Waals surface area contributed by atoms with E-state index < -0.39 is 0 Å². The first-order valence-corrected chi connectivity index (χ1v) is 5.64. The Morgan fingerprint density at radius 3 is 2.93 bits per heavy atom. The minimum atomic E-state index is 0.617. The lowest BCUT2D eigenvalue weighted by Gasteiger charge is -2.20. The van der Waals surface area contributed by atoms with Crippen molar-refractivity contribution in [2.75, 3.05) is 40.4 Å². The fraction of sp³-hybridized carbons (Fsp3) is 1.00. The Bertz CT molecular complexity index is 152. The molecule has 2 unspecified atom stereocenters. The van der Waals surface area contributed by atoms with Gasteiger partial charge >= 0.3 is 0 Å². The van der Waals surface area contributed by atoms with Crippen molar-refractivity contribution in [1.29, 1.82) is 0 Å². The van der Waals surface area contributed by atoms with Crippen LogP contribution in [0, 0.1) is 5.92 Å². The van der Waals surface area contributed by atoms with Gasteiger partial charge in [-0.2, -0.15) is 0 Å². The van der Waals surface area contributed by atoms with Gasteiger partial charge < -0.3 is 15.0 Å². The fourth-order valence-electron chi connectivity index (χ4n) is 2.08. The topological polar surface area (TPSA) is 24.5 Å². The number of methoxy groups -OCH3 is 1. The SMILES string of the molecule is COCC(C)CNCC1CCCN1C. The maximum absolute atomic E-state index is 5.10. The zero-order valence-corrected chi connectivity index (χ0v) is 9.75. The Hall–Kier alpha value is -0.120. The molecule has 2 atom stereocenters. The molecule has 0 spiro atoms. The molecule has 14 heavy (non-hydrogen) atoms. The maximum Gasteiger partial charge on any atom is 0.0499 e. The molecule has 1 N–H and O–H groups in total. The minimum Gasteiger partial charge on any atom is -0.384 e. The molecule has 1 heterocycles. The fourth-order valence-corrected chi connectivity index (χ4v) is 2.08. The first-order chi connectivity index (χ1) is 6.74. The minimum absolute atomic E-state index is 0.617. The summed E-state index contributed by atoms with van der Waals surface area (Å²) in [6.45, 7) is 6.53. The highest BCUT2D eigenvalue weighted by molar-refractivity contribution is 4.78. The van der Waals surface area contributed by atoms with E-state index in [0.29, 0.717) is 5.92 Å². The number of hydrogen-bond acceptors (Lipinski definition) is 3. The number of ether oxygens (including phenoxy) is 1. The van der Waals surface area contributed by atoms with E-state index in [-0.39, 0.29) is 0 Å². The lowest BCUT2D eigenvalue weighted by molar-refractivity contribution is 0.157. The van der Waals surface area contributed by atoms with Crippen molar-refractivity contribution in [2.45, 2.75) is 25.8 Å². The van der Waals surface area contributed by atoms with E-state index in [2.05, 4.69) is 24.2 Å². The van der Waals surface area contributed by atoms with E-state index in [0.717, 1.165) is 25.7 Å². The number of likely N-dealkylation sites (tertiary alicyclic amines) is 1. The van der Waals surface area contributed by atoms with Crippen LogP contribution >= 0.6 is 0 Å². The Kier molecular flexibility index (Phi) is 5.45. The molecule has 3 heteroatoms. The van der Waals surface area contributed by atoms with E-state index in [4.69, 9.17) is 4.74 Å². The summed E-state index contributed by atoms with van der Waals surface area (Å²) in [5.41, 5.74) is 0. The summed E-state index contributed by atoms with van der Waals surface area (Å²) < 4.78 is 5.10. The van der Waals surface area contributed by atoms with Gasteiger partial charge in [0, 0.05) is 26.3 Å². The van der Waals surface area contributed by atoms with Crippen molar-refractivity contribution in [3.63, 3.8) is 0 Å². The molecular weight excluding hydrogens is 176 g/mol. The highest BCUT2D eigenvalue weighted by Gasteiger charge is 2.19. The molecular formula is C11H24N2O. The van der Waals surface area contributed by atoms with Gasteiger partial charge in [0.25, 0.3) is 0 Å². The lowest BCUT2D eigenvalue weighted by atomic mass is 10.2. The number of nitrogens with one attached hydrogen (secondary N) is 1. The molecule has 0 aliphatic carbocycles. The van der Waals surface area contributed by atoms with Gasteiger partial charge in [-0.15, -0.1) is 0 Å². The monoisotopic (exact) mass is 200 g/mol. The third-order valence-corrected chi connectivity index (χ3v) is 3.00. The van der Waals surface area contributed by atoms with Crippen LogP contribution in [0.3, 0.4) is 0 Å². The quantitative estimate of drug-likeness (QED) is 0.691. The highest BCUT2D eigenvalue weighted by atomic mass is 16.5. The molecule has 0 radical (unpaired) electrons. The standard InChI is InChI=1S/C11H24N2O/c1-10(9-14-3)7-12-8-11-5-4-6-13(11)2/h10-12H,4-9H2,1-3H3. The Balaban J connectivity index is 2.03. The van der Waals surface area contributed by atoms with Crippen LogP contribution in [0.2, 0.25) is 0 Å². The number of rotatable bonds is 6. The molecule has 1 aliphatic rings. The van der Waals surface area contributed by atoms with Crippen LogP contribution in [0.1, 0.15) is 19.8 Å². The average Bonchev–Trinajstić information content (AvgIpc) is 2.52. The van der Waals surface area contributed by atoms with Crippen LogP contribution in [0.5, 0.6) is 0 Å². The van der Waals surface area contributed by atoms with Crippen LogP contribution < -0.4 is 5.32 Å². The summed E-state index contributed by atoms with van der Waals surface area (Å²) in [6, 6.07) is 0.754. The van der Waals surface area contributed by atoms with Crippen LogP contribution in [0.4, 0.5) is 0 Å². The second-order valence-corrected chi connectivity index (χ2v) is 4.50. The van der Waals surface area contributed by atoms with E-state index in [1.807, 2.05) is 0 Å². The van der Waals surface area contributed by atoms with Gasteiger partial charge in [0.05, 0.1) is 0 Å². The Morgan fingerprint density at radius 1 is 1.57 bits per heavy atom. The largest absolute Gasteiger partial charge is 0.384 e. The molecule has 0 saturated carbocycles. The van der Waals surface area contributed by atoms with Crippen molar-refractivity contribution in [3.8, 4) is 0 Å². The second-order valence-electron chi connectivity index (χ2n) is 4.50. The zero-order valence-electron chi connectivity index (χ0n) is 9.75. The number of likely N-dealkylation sites (N-methyl/N-ethyl adjacent to an activating group) is 1. The summed E-state index contributed by atoms with van der Waals surface area (Å²) in [7, 11) is 3.99. The third-order valence-electron chi connectivity index (χ3n) is 3.00. The van der Waals surface area contributed by atoms with E-state index >= 15 is 0 Å². The zero-order chi connectivity index (χ0) is 10.4. The van der Waals surface area contributed by atoms with Gasteiger partial charge in [-0.25, -0.2) is 0 Å². The summed E-state index contributed by atoms with van der Waals surface area (Å²) in [5.74, 6) is 0.617. The van der Waals surface area contributed by atoms with Crippen LogP contribution in [0.25, 0.3) is 0 Å². The average molecular weight is 200 g/mol. The number of hydrogen-bond donors (Lipinski definition) is 1. The first-order valence-electron chi connectivity index (χ1n) is 5.64. The molecule has 0 bridgehead atoms. The molecule has 1 rings (SSSR count). The molecule has 0 aromatic carbocycles. The van der Waals surface area contributed by atoms with Crippen LogP contribution in [-0.4, -0.2) is 51.3 Å². The van der Waals surface area contributed by atoms with Gasteiger partial charge in [-0.1, -0.05) is 6.92 Å². The molecule has 84 valence electrons.